The summed E-state index contributed by atoms with van der Waals surface area (Å²) in [5, 5.41) is 0. The van der Waals surface area contributed by atoms with E-state index in [1.807, 2.05) is 0 Å². The minimum absolute atomic E-state index is 0.0506. The molecule has 0 fully saturated rings. The molecular formula is C16H24O2. The van der Waals surface area contributed by atoms with Crippen molar-refractivity contribution in [2.24, 2.45) is 0 Å². The molecule has 1 aliphatic rings. The summed E-state index contributed by atoms with van der Waals surface area (Å²) in [4.78, 5) is 11.6. The highest BCUT2D eigenvalue weighted by Gasteiger charge is 2.11. The molecule has 1 heterocycles. The number of hydrogen-bond donors (Lipinski definition) is 0. The number of allylic oxidation sites excluding steroid dienone is 5. The van der Waals surface area contributed by atoms with Gasteiger partial charge in [-0.3, -0.25) is 4.79 Å². The zero-order valence-electron chi connectivity index (χ0n) is 11.3. The molecule has 1 aliphatic heterocycles. The summed E-state index contributed by atoms with van der Waals surface area (Å²) in [5.41, 5.74) is 0. The summed E-state index contributed by atoms with van der Waals surface area (Å²) in [6, 6.07) is 0. The van der Waals surface area contributed by atoms with Crippen LogP contribution in [0.3, 0.4) is 0 Å². The zero-order valence-corrected chi connectivity index (χ0v) is 11.3. The third kappa shape index (κ3) is 7.10. The lowest BCUT2D eigenvalue weighted by atomic mass is 10.1. The largest absolute Gasteiger partial charge is 0.462 e. The fourth-order valence-electron chi connectivity index (χ4n) is 1.90. The molecule has 0 saturated heterocycles. The normalized spacial score (nSPS) is 27.8. The molecule has 0 aromatic carbocycles. The summed E-state index contributed by atoms with van der Waals surface area (Å²) in [5.74, 6) is -0.0703. The van der Waals surface area contributed by atoms with Crippen molar-refractivity contribution in [1.82, 2.24) is 0 Å². The number of carbonyl (C=O) groups is 1. The Morgan fingerprint density at radius 3 is 2.50 bits per heavy atom. The van der Waals surface area contributed by atoms with Crippen molar-refractivity contribution in [2.75, 3.05) is 0 Å². The molecule has 0 radical (unpaired) electrons. The quantitative estimate of drug-likeness (QED) is 0.537. The van der Waals surface area contributed by atoms with E-state index in [1.54, 1.807) is 0 Å². The van der Waals surface area contributed by atoms with Crippen LogP contribution in [-0.4, -0.2) is 12.1 Å². The minimum atomic E-state index is -0.0703. The first-order valence-corrected chi connectivity index (χ1v) is 6.97. The van der Waals surface area contributed by atoms with Crippen molar-refractivity contribution in [3.05, 3.63) is 36.5 Å². The monoisotopic (exact) mass is 248 g/mol. The standard InChI is InChI=1S/C16H24O2/c1-2-12-15-13-10-8-6-4-3-5-7-9-11-14-16(17)18-15/h3-4,7-10,15H,2,5-6,11-14H2,1H3/b4-3+,9-7+,10-8+. The van der Waals surface area contributed by atoms with Crippen LogP contribution in [0.5, 0.6) is 0 Å². The van der Waals surface area contributed by atoms with E-state index in [1.165, 1.54) is 0 Å². The molecule has 1 atom stereocenters. The molecular weight excluding hydrogens is 224 g/mol. The van der Waals surface area contributed by atoms with E-state index in [0.717, 1.165) is 38.5 Å². The van der Waals surface area contributed by atoms with Gasteiger partial charge >= 0.3 is 5.97 Å². The summed E-state index contributed by atoms with van der Waals surface area (Å²) >= 11 is 0. The maximum atomic E-state index is 11.6. The molecule has 100 valence electrons. The average molecular weight is 248 g/mol. The smallest absolute Gasteiger partial charge is 0.306 e. The Morgan fingerprint density at radius 2 is 1.78 bits per heavy atom. The molecule has 0 aromatic rings. The van der Waals surface area contributed by atoms with Crippen LogP contribution in [0.15, 0.2) is 36.5 Å². The minimum Gasteiger partial charge on any atom is -0.462 e. The van der Waals surface area contributed by atoms with Gasteiger partial charge in [0.1, 0.15) is 6.10 Å². The number of rotatable bonds is 2. The first-order chi connectivity index (χ1) is 8.83. The second-order valence-electron chi connectivity index (χ2n) is 4.56. The first-order valence-electron chi connectivity index (χ1n) is 6.97. The highest BCUT2D eigenvalue weighted by molar-refractivity contribution is 5.69. The molecule has 0 aromatic heterocycles. The van der Waals surface area contributed by atoms with E-state index in [9.17, 15) is 4.79 Å². The number of hydrogen-bond acceptors (Lipinski definition) is 2. The molecule has 2 heteroatoms. The predicted octanol–water partition coefficient (Wildman–Crippen LogP) is 4.33. The van der Waals surface area contributed by atoms with E-state index in [2.05, 4.69) is 43.4 Å². The molecule has 0 aliphatic carbocycles. The second-order valence-corrected chi connectivity index (χ2v) is 4.56. The lowest BCUT2D eigenvalue weighted by Gasteiger charge is -2.15. The highest BCUT2D eigenvalue weighted by Crippen LogP contribution is 2.11. The van der Waals surface area contributed by atoms with Crippen molar-refractivity contribution in [2.45, 2.75) is 58.0 Å². The van der Waals surface area contributed by atoms with Gasteiger partial charge in [0.2, 0.25) is 0 Å². The molecule has 0 amide bonds. The van der Waals surface area contributed by atoms with Crippen LogP contribution in [0.4, 0.5) is 0 Å². The van der Waals surface area contributed by atoms with Crippen molar-refractivity contribution >= 4 is 5.97 Å². The summed E-state index contributed by atoms with van der Waals surface area (Å²) in [7, 11) is 0. The SMILES string of the molecule is CCCC1C/C=C/C/C=C/C/C=C/CCC(=O)O1. The van der Waals surface area contributed by atoms with Crippen LogP contribution in [0.25, 0.3) is 0 Å². The number of ether oxygens (including phenoxy) is 1. The highest BCUT2D eigenvalue weighted by atomic mass is 16.5. The molecule has 18 heavy (non-hydrogen) atoms. The Balaban J connectivity index is 2.55. The molecule has 0 N–H and O–H groups in total. The maximum Gasteiger partial charge on any atom is 0.306 e. The maximum absolute atomic E-state index is 11.6. The molecule has 2 nitrogen and oxygen atoms in total. The Morgan fingerprint density at radius 1 is 1.11 bits per heavy atom. The van der Waals surface area contributed by atoms with Gasteiger partial charge < -0.3 is 4.74 Å². The van der Waals surface area contributed by atoms with Gasteiger partial charge in [-0.15, -0.1) is 0 Å². The molecule has 0 spiro atoms. The van der Waals surface area contributed by atoms with Gasteiger partial charge in [0.15, 0.2) is 0 Å². The molecule has 1 unspecified atom stereocenters. The van der Waals surface area contributed by atoms with Crippen LogP contribution < -0.4 is 0 Å². The van der Waals surface area contributed by atoms with E-state index in [-0.39, 0.29) is 12.1 Å². The summed E-state index contributed by atoms with van der Waals surface area (Å²) < 4.78 is 5.49. The van der Waals surface area contributed by atoms with Gasteiger partial charge in [-0.05, 0) is 25.7 Å². The van der Waals surface area contributed by atoms with E-state index in [0.29, 0.717) is 6.42 Å². The second kappa shape index (κ2) is 9.69. The molecule has 1 rings (SSSR count). The van der Waals surface area contributed by atoms with Crippen molar-refractivity contribution in [3.8, 4) is 0 Å². The van der Waals surface area contributed by atoms with Gasteiger partial charge in [-0.2, -0.15) is 0 Å². The first kappa shape index (κ1) is 14.7. The topological polar surface area (TPSA) is 26.3 Å². The lowest BCUT2D eigenvalue weighted by Crippen LogP contribution is -2.17. The third-order valence-corrected chi connectivity index (χ3v) is 2.87. The van der Waals surface area contributed by atoms with Gasteiger partial charge in [0.05, 0.1) is 0 Å². The summed E-state index contributed by atoms with van der Waals surface area (Å²) in [6.45, 7) is 2.12. The van der Waals surface area contributed by atoms with Crippen LogP contribution in [0.1, 0.15) is 51.9 Å². The van der Waals surface area contributed by atoms with E-state index < -0.39 is 0 Å². The predicted molar refractivity (Wildman–Crippen MR) is 75.3 cm³/mol. The molecule has 0 bridgehead atoms. The van der Waals surface area contributed by atoms with E-state index >= 15 is 0 Å². The Labute approximate surface area is 110 Å². The number of carbonyl (C=O) groups excluding carboxylic acids is 1. The van der Waals surface area contributed by atoms with Crippen LogP contribution in [-0.2, 0) is 9.53 Å². The van der Waals surface area contributed by atoms with Gasteiger partial charge in [0.25, 0.3) is 0 Å². The average Bonchev–Trinajstić information content (AvgIpc) is 2.35. The summed E-state index contributed by atoms with van der Waals surface area (Å²) in [6.07, 6.45) is 18.8. The van der Waals surface area contributed by atoms with Crippen LogP contribution >= 0.6 is 0 Å². The van der Waals surface area contributed by atoms with Crippen molar-refractivity contribution in [1.29, 1.82) is 0 Å². The zero-order chi connectivity index (χ0) is 13.1. The van der Waals surface area contributed by atoms with Gasteiger partial charge in [-0.25, -0.2) is 0 Å². The van der Waals surface area contributed by atoms with Gasteiger partial charge in [0, 0.05) is 12.8 Å². The fourth-order valence-corrected chi connectivity index (χ4v) is 1.90. The van der Waals surface area contributed by atoms with Gasteiger partial charge in [-0.1, -0.05) is 49.8 Å². The van der Waals surface area contributed by atoms with Crippen molar-refractivity contribution < 1.29 is 9.53 Å². The third-order valence-electron chi connectivity index (χ3n) is 2.87. The molecule has 0 saturated carbocycles. The van der Waals surface area contributed by atoms with Crippen molar-refractivity contribution in [3.63, 3.8) is 0 Å². The Hall–Kier alpha value is -1.31. The van der Waals surface area contributed by atoms with Crippen LogP contribution in [0.2, 0.25) is 0 Å². The number of esters is 1. The van der Waals surface area contributed by atoms with Crippen LogP contribution in [0, 0.1) is 0 Å². The van der Waals surface area contributed by atoms with E-state index in [4.69, 9.17) is 4.74 Å². The number of cyclic esters (lactones) is 1. The Bertz CT molecular complexity index is 313. The fraction of sp³-hybridized carbons (Fsp3) is 0.562. The Kier molecular flexibility index (Phi) is 7.94. The lowest BCUT2D eigenvalue weighted by molar-refractivity contribution is -0.149.